The molecule has 0 saturated carbocycles. The number of hydrogen-bond acceptors (Lipinski definition) is 4. The van der Waals surface area contributed by atoms with Gasteiger partial charge in [-0.2, -0.15) is 5.26 Å². The predicted octanol–water partition coefficient (Wildman–Crippen LogP) is 3.13. The maximum atomic E-state index is 12.0. The Labute approximate surface area is 150 Å². The molecule has 1 saturated heterocycles. The Kier molecular flexibility index (Phi) is 8.00. The van der Waals surface area contributed by atoms with Crippen LogP contribution in [0.15, 0.2) is 29.8 Å². The normalized spacial score (nSPS) is 15.4. The van der Waals surface area contributed by atoms with Crippen molar-refractivity contribution in [3.05, 3.63) is 35.4 Å². The van der Waals surface area contributed by atoms with Crippen LogP contribution in [0, 0.1) is 11.3 Å². The molecule has 5 nitrogen and oxygen atoms in total. The summed E-state index contributed by atoms with van der Waals surface area (Å²) in [5.74, 6) is -0.338. The molecule has 1 aromatic carbocycles. The highest BCUT2D eigenvalue weighted by Crippen LogP contribution is 2.20. The number of ether oxygens (including phenoxy) is 1. The quantitative estimate of drug-likeness (QED) is 0.470. The first kappa shape index (κ1) is 19.0. The molecule has 1 amide bonds. The summed E-state index contributed by atoms with van der Waals surface area (Å²) in [5.41, 5.74) is 2.20. The van der Waals surface area contributed by atoms with Crippen LogP contribution in [0.2, 0.25) is 0 Å². The molecule has 0 aliphatic carbocycles. The molecule has 2 rings (SSSR count). The molecule has 5 heteroatoms. The van der Waals surface area contributed by atoms with E-state index in [9.17, 15) is 10.1 Å². The highest BCUT2D eigenvalue weighted by molar-refractivity contribution is 6.01. The number of rotatable bonds is 7. The van der Waals surface area contributed by atoms with Crippen molar-refractivity contribution in [2.45, 2.75) is 32.1 Å². The number of carbonyl (C=O) groups is 1. The highest BCUT2D eigenvalue weighted by Gasteiger charge is 2.11. The fourth-order valence-electron chi connectivity index (χ4n) is 2.94. The molecule has 0 radical (unpaired) electrons. The van der Waals surface area contributed by atoms with Crippen LogP contribution in [-0.2, 0) is 9.53 Å². The molecule has 0 unspecified atom stereocenters. The van der Waals surface area contributed by atoms with Crippen LogP contribution in [0.4, 0.5) is 5.69 Å². The van der Waals surface area contributed by atoms with Crippen molar-refractivity contribution in [3.63, 3.8) is 0 Å². The largest absolute Gasteiger partial charge is 0.385 e. The molecule has 134 valence electrons. The van der Waals surface area contributed by atoms with Gasteiger partial charge in [0, 0.05) is 39.0 Å². The van der Waals surface area contributed by atoms with E-state index in [1.165, 1.54) is 31.4 Å². The fraction of sp³-hybridized carbons (Fsp3) is 0.500. The van der Waals surface area contributed by atoms with Crippen molar-refractivity contribution in [2.24, 2.45) is 0 Å². The van der Waals surface area contributed by atoms with Crippen molar-refractivity contribution in [1.29, 1.82) is 5.26 Å². The number of methoxy groups -OCH3 is 1. The molecule has 1 aromatic rings. The molecule has 0 atom stereocenters. The third-order valence-electron chi connectivity index (χ3n) is 4.35. The number of anilines is 1. The lowest BCUT2D eigenvalue weighted by Gasteiger charge is -2.22. The van der Waals surface area contributed by atoms with Crippen molar-refractivity contribution in [1.82, 2.24) is 5.32 Å². The molecule has 1 heterocycles. The van der Waals surface area contributed by atoms with E-state index in [1.54, 1.807) is 13.2 Å². The maximum absolute atomic E-state index is 12.0. The predicted molar refractivity (Wildman–Crippen MR) is 100 cm³/mol. The number of benzene rings is 1. The van der Waals surface area contributed by atoms with Crippen molar-refractivity contribution in [2.75, 3.05) is 38.3 Å². The molecule has 25 heavy (non-hydrogen) atoms. The van der Waals surface area contributed by atoms with E-state index in [4.69, 9.17) is 4.74 Å². The summed E-state index contributed by atoms with van der Waals surface area (Å²) < 4.78 is 4.94. The van der Waals surface area contributed by atoms with Crippen molar-refractivity contribution in [3.8, 4) is 6.07 Å². The standard InChI is InChI=1S/C20H27N3O2/c1-25-14-6-11-22-20(24)18(16-21)15-17-7-9-19(10-8-17)23-12-4-2-3-5-13-23/h7-10,15H,2-6,11-14H2,1H3,(H,22,24)/b18-15+. The van der Waals surface area contributed by atoms with Gasteiger partial charge in [-0.05, 0) is 43.0 Å². The first-order valence-corrected chi connectivity index (χ1v) is 8.98. The molecule has 0 aromatic heterocycles. The van der Waals surface area contributed by atoms with Crippen molar-refractivity contribution < 1.29 is 9.53 Å². The Hall–Kier alpha value is -2.32. The molecule has 1 N–H and O–H groups in total. The van der Waals surface area contributed by atoms with Crippen molar-refractivity contribution >= 4 is 17.7 Å². The summed E-state index contributed by atoms with van der Waals surface area (Å²) in [5, 5.41) is 12.0. The zero-order chi connectivity index (χ0) is 17.9. The van der Waals surface area contributed by atoms with Gasteiger partial charge in [-0.3, -0.25) is 4.79 Å². The Morgan fingerprint density at radius 1 is 1.24 bits per heavy atom. The number of nitriles is 1. The first-order valence-electron chi connectivity index (χ1n) is 8.98. The number of amides is 1. The zero-order valence-corrected chi connectivity index (χ0v) is 15.0. The monoisotopic (exact) mass is 341 g/mol. The maximum Gasteiger partial charge on any atom is 0.261 e. The lowest BCUT2D eigenvalue weighted by atomic mass is 10.1. The minimum absolute atomic E-state index is 0.125. The van der Waals surface area contributed by atoms with Gasteiger partial charge in [-0.15, -0.1) is 0 Å². The number of carbonyl (C=O) groups excluding carboxylic acids is 1. The molecule has 1 fully saturated rings. The van der Waals surface area contributed by atoms with Crippen LogP contribution in [0.1, 0.15) is 37.7 Å². The number of nitrogens with one attached hydrogen (secondary N) is 1. The van der Waals surface area contributed by atoms with Crippen LogP contribution in [0.5, 0.6) is 0 Å². The fourth-order valence-corrected chi connectivity index (χ4v) is 2.94. The van der Waals surface area contributed by atoms with E-state index in [0.717, 1.165) is 25.1 Å². The lowest BCUT2D eigenvalue weighted by Crippen LogP contribution is -2.26. The summed E-state index contributed by atoms with van der Waals surface area (Å²) in [6.45, 7) is 3.29. The summed E-state index contributed by atoms with van der Waals surface area (Å²) in [7, 11) is 1.62. The summed E-state index contributed by atoms with van der Waals surface area (Å²) in [6, 6.07) is 10.1. The van der Waals surface area contributed by atoms with Gasteiger partial charge in [0.2, 0.25) is 0 Å². The van der Waals surface area contributed by atoms with E-state index in [0.29, 0.717) is 13.2 Å². The Morgan fingerprint density at radius 2 is 1.92 bits per heavy atom. The summed E-state index contributed by atoms with van der Waals surface area (Å²) in [4.78, 5) is 14.5. The Balaban J connectivity index is 1.98. The highest BCUT2D eigenvalue weighted by atomic mass is 16.5. The third-order valence-corrected chi connectivity index (χ3v) is 4.35. The summed E-state index contributed by atoms with van der Waals surface area (Å²) >= 11 is 0. The van der Waals surface area contributed by atoms with E-state index >= 15 is 0 Å². The van der Waals surface area contributed by atoms with Gasteiger partial charge in [0.05, 0.1) is 0 Å². The van der Waals surface area contributed by atoms with Gasteiger partial charge in [-0.25, -0.2) is 0 Å². The van der Waals surface area contributed by atoms with E-state index in [1.807, 2.05) is 18.2 Å². The molecule has 0 spiro atoms. The van der Waals surface area contributed by atoms with Gasteiger partial charge < -0.3 is 15.0 Å². The van der Waals surface area contributed by atoms with Gasteiger partial charge in [-0.1, -0.05) is 25.0 Å². The topological polar surface area (TPSA) is 65.4 Å². The lowest BCUT2D eigenvalue weighted by molar-refractivity contribution is -0.117. The molecular formula is C20H27N3O2. The Bertz CT molecular complexity index is 609. The van der Waals surface area contributed by atoms with Crippen LogP contribution in [-0.4, -0.2) is 39.3 Å². The van der Waals surface area contributed by atoms with Gasteiger partial charge in [0.1, 0.15) is 11.6 Å². The third kappa shape index (κ3) is 6.24. The summed E-state index contributed by atoms with van der Waals surface area (Å²) in [6.07, 6.45) is 7.46. The van der Waals surface area contributed by atoms with E-state index in [2.05, 4.69) is 22.3 Å². The molecular weight excluding hydrogens is 314 g/mol. The zero-order valence-electron chi connectivity index (χ0n) is 15.0. The second-order valence-electron chi connectivity index (χ2n) is 6.26. The average Bonchev–Trinajstić information content (AvgIpc) is 2.93. The molecule has 1 aliphatic heterocycles. The minimum Gasteiger partial charge on any atom is -0.385 e. The number of nitrogens with zero attached hydrogens (tertiary/aromatic N) is 2. The first-order chi connectivity index (χ1) is 12.2. The molecule has 1 aliphatic rings. The second kappa shape index (κ2) is 10.5. The number of hydrogen-bond donors (Lipinski definition) is 1. The van der Waals surface area contributed by atoms with Gasteiger partial charge in [0.25, 0.3) is 5.91 Å². The SMILES string of the molecule is COCCCNC(=O)/C(C#N)=C/c1ccc(N2CCCCCC2)cc1. The minimum atomic E-state index is -0.338. The van der Waals surface area contributed by atoms with Crippen LogP contribution in [0.25, 0.3) is 6.08 Å². The van der Waals surface area contributed by atoms with E-state index < -0.39 is 0 Å². The van der Waals surface area contributed by atoms with Crippen LogP contribution < -0.4 is 10.2 Å². The molecule has 0 bridgehead atoms. The second-order valence-corrected chi connectivity index (χ2v) is 6.26. The van der Waals surface area contributed by atoms with Crippen LogP contribution in [0.3, 0.4) is 0 Å². The van der Waals surface area contributed by atoms with Gasteiger partial charge >= 0.3 is 0 Å². The Morgan fingerprint density at radius 3 is 2.52 bits per heavy atom. The average molecular weight is 341 g/mol. The van der Waals surface area contributed by atoms with Crippen LogP contribution >= 0.6 is 0 Å². The smallest absolute Gasteiger partial charge is 0.261 e. The van der Waals surface area contributed by atoms with Gasteiger partial charge in [0.15, 0.2) is 0 Å². The van der Waals surface area contributed by atoms with E-state index in [-0.39, 0.29) is 11.5 Å².